The molecule has 218 valence electrons. The second-order valence-corrected chi connectivity index (χ2v) is 14.0. The molecule has 1 N–H and O–H groups in total. The molecule has 6 aromatic rings. The molecule has 44 heavy (non-hydrogen) atoms. The van der Waals surface area contributed by atoms with Gasteiger partial charge in [-0.05, 0) is 92.7 Å². The number of fused-ring (bicyclic) bond motifs is 4. The van der Waals surface area contributed by atoms with E-state index in [4.69, 9.17) is 10.1 Å². The second kappa shape index (κ2) is 7.75. The lowest BCUT2D eigenvalue weighted by molar-refractivity contribution is 0.0584. The van der Waals surface area contributed by atoms with E-state index in [1.54, 1.807) is 6.07 Å². The van der Waals surface area contributed by atoms with Gasteiger partial charge in [0, 0.05) is 47.3 Å². The lowest BCUT2D eigenvalue weighted by Gasteiger charge is -2.39. The summed E-state index contributed by atoms with van der Waals surface area (Å²) in [6.45, 7) is 3.90. The summed E-state index contributed by atoms with van der Waals surface area (Å²) in [5, 5.41) is 13.1. The van der Waals surface area contributed by atoms with E-state index >= 15 is 0 Å². The molecule has 5 aliphatic rings. The fourth-order valence-corrected chi connectivity index (χ4v) is 9.72. The van der Waals surface area contributed by atoms with Crippen LogP contribution in [0.15, 0.2) is 54.7 Å². The van der Waals surface area contributed by atoms with Crippen LogP contribution in [0.4, 0.5) is 4.39 Å². The van der Waals surface area contributed by atoms with E-state index in [0.29, 0.717) is 34.0 Å². The van der Waals surface area contributed by atoms with E-state index in [2.05, 4.69) is 44.8 Å². The zero-order valence-electron chi connectivity index (χ0n) is 24.3. The Morgan fingerprint density at radius 3 is 2.82 bits per heavy atom. The number of carbonyl (C=O) groups is 1. The van der Waals surface area contributed by atoms with Gasteiger partial charge in [-0.25, -0.2) is 9.50 Å². The molecule has 0 radical (unpaired) electrons. The Labute approximate surface area is 251 Å². The summed E-state index contributed by atoms with van der Waals surface area (Å²) in [4.78, 5) is 21.0. The standard InChI is InChI=1S/C35H30FN7O/c1-17-27-10-8-20(34(44)42-16-21-12-23-24-13-29(42)35(21,23)24)15-43(27)40-31(17)28-11-19-7-9-25(37-33(19)41(28)14-18-5-6-18)22-3-2-4-26-30(22)32(36)39-38-26/h2-4,7-11,15,18,21,23-24,29H,5-6,12-14,16H2,1H3,(H,38,39)/t21?,23?,24?,29?,35-/m0/s1. The number of pyridine rings is 2. The van der Waals surface area contributed by atoms with E-state index in [0.717, 1.165) is 75.5 Å². The Hall–Kier alpha value is -4.53. The average Bonchev–Trinajstić information content (AvgIpc) is 3.64. The van der Waals surface area contributed by atoms with Crippen LogP contribution in [0.2, 0.25) is 0 Å². The Bertz CT molecular complexity index is 2250. The molecule has 1 saturated heterocycles. The van der Waals surface area contributed by atoms with Gasteiger partial charge in [0.15, 0.2) is 0 Å². The maximum Gasteiger partial charge on any atom is 0.255 e. The minimum absolute atomic E-state index is 0.156. The molecule has 5 aromatic heterocycles. The molecule has 6 heterocycles. The van der Waals surface area contributed by atoms with Crippen LogP contribution in [0.5, 0.6) is 0 Å². The zero-order valence-corrected chi connectivity index (χ0v) is 24.3. The van der Waals surface area contributed by atoms with Crippen molar-refractivity contribution in [1.82, 2.24) is 34.3 Å². The van der Waals surface area contributed by atoms with Gasteiger partial charge in [-0.2, -0.15) is 14.6 Å². The van der Waals surface area contributed by atoms with Gasteiger partial charge in [0.2, 0.25) is 5.95 Å². The third-order valence-electron chi connectivity index (χ3n) is 12.1. The molecule has 1 amide bonds. The van der Waals surface area contributed by atoms with E-state index < -0.39 is 5.95 Å². The van der Waals surface area contributed by atoms with E-state index in [1.807, 2.05) is 35.0 Å². The first-order valence-corrected chi connectivity index (χ1v) is 15.9. The topological polar surface area (TPSA) is 84.1 Å². The van der Waals surface area contributed by atoms with Crippen molar-refractivity contribution < 1.29 is 9.18 Å². The van der Waals surface area contributed by atoms with Gasteiger partial charge in [-0.15, -0.1) is 0 Å². The Balaban J connectivity index is 1.01. The van der Waals surface area contributed by atoms with Gasteiger partial charge in [0.1, 0.15) is 11.3 Å². The smallest absolute Gasteiger partial charge is 0.255 e. The van der Waals surface area contributed by atoms with Gasteiger partial charge >= 0.3 is 0 Å². The van der Waals surface area contributed by atoms with E-state index in [1.165, 1.54) is 25.7 Å². The summed E-state index contributed by atoms with van der Waals surface area (Å²) in [6.07, 6.45) is 6.86. The van der Waals surface area contributed by atoms with Crippen LogP contribution < -0.4 is 0 Å². The summed E-state index contributed by atoms with van der Waals surface area (Å²) in [5.74, 6) is 2.86. The molecular formula is C35H30FN7O. The van der Waals surface area contributed by atoms with Crippen LogP contribution in [0.3, 0.4) is 0 Å². The van der Waals surface area contributed by atoms with Gasteiger partial charge in [0.05, 0.1) is 33.4 Å². The lowest BCUT2D eigenvalue weighted by atomic mass is 9.67. The number of carbonyl (C=O) groups excluding carboxylic acids is 1. The Kier molecular flexibility index (Phi) is 4.21. The molecular weight excluding hydrogens is 553 g/mol. The minimum Gasteiger partial charge on any atom is -0.335 e. The third-order valence-corrected chi connectivity index (χ3v) is 12.1. The fourth-order valence-electron chi connectivity index (χ4n) is 9.72. The number of benzene rings is 1. The molecule has 5 atom stereocenters. The normalized spacial score (nSPS) is 27.9. The molecule has 11 rings (SSSR count). The predicted octanol–water partition coefficient (Wildman–Crippen LogP) is 6.23. The number of hydrogen-bond donors (Lipinski definition) is 1. The Morgan fingerprint density at radius 2 is 2.00 bits per heavy atom. The molecule has 0 bridgehead atoms. The number of amides is 1. The van der Waals surface area contributed by atoms with Crippen molar-refractivity contribution in [2.45, 2.75) is 45.2 Å². The highest BCUT2D eigenvalue weighted by atomic mass is 19.1. The molecule has 4 aliphatic carbocycles. The van der Waals surface area contributed by atoms with Crippen molar-refractivity contribution in [3.05, 3.63) is 71.8 Å². The van der Waals surface area contributed by atoms with Crippen LogP contribution >= 0.6 is 0 Å². The zero-order chi connectivity index (χ0) is 29.1. The van der Waals surface area contributed by atoms with Crippen molar-refractivity contribution in [3.8, 4) is 22.6 Å². The lowest BCUT2D eigenvalue weighted by Crippen LogP contribution is -2.45. The fraction of sp³-hybridized carbons (Fsp3) is 0.371. The summed E-state index contributed by atoms with van der Waals surface area (Å²) < 4.78 is 18.9. The maximum absolute atomic E-state index is 14.7. The molecule has 4 unspecified atom stereocenters. The van der Waals surface area contributed by atoms with Crippen molar-refractivity contribution in [1.29, 1.82) is 0 Å². The van der Waals surface area contributed by atoms with E-state index in [9.17, 15) is 9.18 Å². The van der Waals surface area contributed by atoms with Crippen LogP contribution in [0.25, 0.3) is 50.1 Å². The van der Waals surface area contributed by atoms with Crippen molar-refractivity contribution >= 4 is 33.4 Å². The van der Waals surface area contributed by atoms with Crippen molar-refractivity contribution in [2.24, 2.45) is 29.1 Å². The first-order chi connectivity index (χ1) is 21.5. The quantitative estimate of drug-likeness (QED) is 0.261. The SMILES string of the molecule is Cc1c(-c2cc3ccc(-c4cccc5n[nH]c(F)c45)nc3n2CC2CC2)nn2cc(C(=O)N3CC4CC5C6CC3[C@@]456)ccc12. The molecule has 5 fully saturated rings. The summed E-state index contributed by atoms with van der Waals surface area (Å²) in [6, 6.07) is 16.3. The largest absolute Gasteiger partial charge is 0.335 e. The van der Waals surface area contributed by atoms with Crippen LogP contribution in [-0.2, 0) is 6.54 Å². The molecule has 1 aromatic carbocycles. The van der Waals surface area contributed by atoms with Gasteiger partial charge in [-0.3, -0.25) is 9.89 Å². The average molecular weight is 584 g/mol. The molecule has 1 spiro atoms. The van der Waals surface area contributed by atoms with E-state index in [-0.39, 0.29) is 5.91 Å². The second-order valence-electron chi connectivity index (χ2n) is 14.0. The van der Waals surface area contributed by atoms with Crippen molar-refractivity contribution in [2.75, 3.05) is 6.54 Å². The van der Waals surface area contributed by atoms with Crippen LogP contribution in [-0.4, -0.2) is 52.8 Å². The summed E-state index contributed by atoms with van der Waals surface area (Å²) in [5.41, 5.74) is 8.12. The first kappa shape index (κ1) is 23.9. The number of aryl methyl sites for hydroxylation is 1. The first-order valence-electron chi connectivity index (χ1n) is 15.9. The van der Waals surface area contributed by atoms with Crippen molar-refractivity contribution in [3.63, 3.8) is 0 Å². The monoisotopic (exact) mass is 583 g/mol. The molecule has 4 saturated carbocycles. The summed E-state index contributed by atoms with van der Waals surface area (Å²) in [7, 11) is 0. The number of aromatic nitrogens is 6. The van der Waals surface area contributed by atoms with Crippen LogP contribution in [0, 0.1) is 42.0 Å². The highest BCUT2D eigenvalue weighted by Gasteiger charge is 2.88. The number of aromatic amines is 1. The van der Waals surface area contributed by atoms with Crippen LogP contribution in [0.1, 0.15) is 41.6 Å². The maximum atomic E-state index is 14.7. The highest BCUT2D eigenvalue weighted by Crippen LogP contribution is 2.88. The third kappa shape index (κ3) is 2.80. The van der Waals surface area contributed by atoms with Gasteiger partial charge in [0.25, 0.3) is 5.91 Å². The molecule has 8 nitrogen and oxygen atoms in total. The number of rotatable bonds is 5. The number of halogens is 1. The number of nitrogens with zero attached hydrogens (tertiary/aromatic N) is 6. The highest BCUT2D eigenvalue weighted by molar-refractivity contribution is 5.97. The predicted molar refractivity (Wildman–Crippen MR) is 163 cm³/mol. The number of nitrogens with one attached hydrogen (secondary N) is 1. The number of H-pyrrole nitrogens is 1. The number of likely N-dealkylation sites (tertiary alicyclic amines) is 1. The molecule has 1 aliphatic heterocycles. The van der Waals surface area contributed by atoms with Gasteiger partial charge < -0.3 is 9.47 Å². The Morgan fingerprint density at radius 1 is 1.11 bits per heavy atom. The minimum atomic E-state index is -0.449. The van der Waals surface area contributed by atoms with Gasteiger partial charge in [-0.1, -0.05) is 12.1 Å². The number of hydrogen-bond acceptors (Lipinski definition) is 4. The summed E-state index contributed by atoms with van der Waals surface area (Å²) >= 11 is 0. The molecule has 9 heteroatoms.